The van der Waals surface area contributed by atoms with Crippen molar-refractivity contribution in [3.63, 3.8) is 0 Å². The Morgan fingerprint density at radius 3 is 2.65 bits per heavy atom. The van der Waals surface area contributed by atoms with Gasteiger partial charge in [0, 0.05) is 19.1 Å². The molecule has 0 saturated carbocycles. The van der Waals surface area contributed by atoms with Crippen molar-refractivity contribution in [2.45, 2.75) is 52.2 Å². The molecule has 0 aliphatic carbocycles. The molecule has 4 nitrogen and oxygen atoms in total. The Morgan fingerprint density at radius 2 is 2.12 bits per heavy atom. The topological polar surface area (TPSA) is 41.6 Å². The van der Waals surface area contributed by atoms with Crippen molar-refractivity contribution in [1.29, 1.82) is 0 Å². The van der Waals surface area contributed by atoms with Crippen LogP contribution in [0.3, 0.4) is 0 Å². The summed E-state index contributed by atoms with van der Waals surface area (Å²) in [5.74, 6) is 0.529. The average molecular weight is 242 g/mol. The van der Waals surface area contributed by atoms with Gasteiger partial charge in [-0.3, -0.25) is 0 Å². The number of nitrogens with zero attached hydrogens (tertiary/aromatic N) is 1. The Morgan fingerprint density at radius 1 is 1.47 bits per heavy atom. The van der Waals surface area contributed by atoms with Gasteiger partial charge in [0.2, 0.25) is 0 Å². The van der Waals surface area contributed by atoms with Gasteiger partial charge in [-0.1, -0.05) is 0 Å². The second kappa shape index (κ2) is 5.71. The molecule has 0 aromatic carbocycles. The fourth-order valence-electron chi connectivity index (χ4n) is 2.15. The summed E-state index contributed by atoms with van der Waals surface area (Å²) < 4.78 is 5.41. The molecular formula is C13H26N2O2. The minimum atomic E-state index is -0.404. The van der Waals surface area contributed by atoms with E-state index in [9.17, 15) is 4.79 Å². The first-order chi connectivity index (χ1) is 7.83. The Hall–Kier alpha value is -0.770. The predicted molar refractivity (Wildman–Crippen MR) is 69.1 cm³/mol. The maximum absolute atomic E-state index is 12.0. The van der Waals surface area contributed by atoms with Gasteiger partial charge in [0.25, 0.3) is 0 Å². The van der Waals surface area contributed by atoms with Crippen molar-refractivity contribution in [2.24, 2.45) is 5.92 Å². The third-order valence-electron chi connectivity index (χ3n) is 3.27. The lowest BCUT2D eigenvalue weighted by molar-refractivity contribution is 0.0150. The zero-order valence-corrected chi connectivity index (χ0v) is 11.7. The molecular weight excluding hydrogens is 216 g/mol. The van der Waals surface area contributed by atoms with Crippen LogP contribution in [-0.2, 0) is 4.74 Å². The minimum Gasteiger partial charge on any atom is -0.444 e. The molecule has 1 aliphatic rings. The number of ether oxygens (including phenoxy) is 1. The first-order valence-corrected chi connectivity index (χ1v) is 6.48. The Bertz CT molecular complexity index is 261. The van der Waals surface area contributed by atoms with Gasteiger partial charge in [0.15, 0.2) is 0 Å². The number of hydrogen-bond donors (Lipinski definition) is 1. The van der Waals surface area contributed by atoms with Crippen LogP contribution in [0, 0.1) is 5.92 Å². The van der Waals surface area contributed by atoms with Crippen LogP contribution in [-0.4, -0.2) is 42.8 Å². The summed E-state index contributed by atoms with van der Waals surface area (Å²) in [6.07, 6.45) is 2.07. The monoisotopic (exact) mass is 242 g/mol. The molecule has 0 spiro atoms. The number of piperidine rings is 1. The minimum absolute atomic E-state index is 0.175. The summed E-state index contributed by atoms with van der Waals surface area (Å²) in [6, 6.07) is 0.445. The molecule has 1 heterocycles. The number of carbonyl (C=O) groups is 1. The molecule has 0 bridgehead atoms. The molecule has 1 rings (SSSR count). The van der Waals surface area contributed by atoms with Gasteiger partial charge in [-0.05, 0) is 53.5 Å². The third-order valence-corrected chi connectivity index (χ3v) is 3.27. The summed E-state index contributed by atoms with van der Waals surface area (Å²) in [4.78, 5) is 13.8. The number of amides is 1. The van der Waals surface area contributed by atoms with E-state index in [0.717, 1.165) is 19.5 Å². The molecule has 1 aliphatic heterocycles. The Kier molecular flexibility index (Phi) is 4.80. The van der Waals surface area contributed by atoms with E-state index >= 15 is 0 Å². The van der Waals surface area contributed by atoms with Crippen molar-refractivity contribution in [1.82, 2.24) is 10.2 Å². The molecule has 1 N–H and O–H groups in total. The third kappa shape index (κ3) is 4.54. The number of nitrogens with one attached hydrogen (secondary N) is 1. The Labute approximate surface area is 105 Å². The maximum Gasteiger partial charge on any atom is 0.410 e. The van der Waals surface area contributed by atoms with E-state index in [1.807, 2.05) is 32.7 Å². The fraction of sp³-hybridized carbons (Fsp3) is 0.923. The van der Waals surface area contributed by atoms with Crippen LogP contribution < -0.4 is 5.32 Å². The van der Waals surface area contributed by atoms with Gasteiger partial charge in [0.1, 0.15) is 5.60 Å². The van der Waals surface area contributed by atoms with Crippen molar-refractivity contribution < 1.29 is 9.53 Å². The van der Waals surface area contributed by atoms with Crippen molar-refractivity contribution >= 4 is 6.09 Å². The highest BCUT2D eigenvalue weighted by molar-refractivity contribution is 5.68. The SMILES string of the molecule is CN[C@H](C)[C@H]1CCCN(C(=O)OC(C)(C)C)C1. The van der Waals surface area contributed by atoms with Crippen LogP contribution >= 0.6 is 0 Å². The van der Waals surface area contributed by atoms with Gasteiger partial charge in [0.05, 0.1) is 0 Å². The van der Waals surface area contributed by atoms with Crippen LogP contribution in [0.1, 0.15) is 40.5 Å². The molecule has 1 amide bonds. The number of likely N-dealkylation sites (tertiary alicyclic amines) is 1. The largest absolute Gasteiger partial charge is 0.444 e. The van der Waals surface area contributed by atoms with Gasteiger partial charge in [-0.15, -0.1) is 0 Å². The summed E-state index contributed by atoms with van der Waals surface area (Å²) >= 11 is 0. The molecule has 0 unspecified atom stereocenters. The number of carbonyl (C=O) groups excluding carboxylic acids is 1. The zero-order chi connectivity index (χ0) is 13.1. The van der Waals surface area contributed by atoms with Gasteiger partial charge in [-0.2, -0.15) is 0 Å². The fourth-order valence-corrected chi connectivity index (χ4v) is 2.15. The average Bonchev–Trinajstić information content (AvgIpc) is 2.26. The van der Waals surface area contributed by atoms with Gasteiger partial charge < -0.3 is 15.0 Å². The van der Waals surface area contributed by atoms with E-state index in [4.69, 9.17) is 4.74 Å². The quantitative estimate of drug-likeness (QED) is 0.807. The van der Waals surface area contributed by atoms with Crippen LogP contribution in [0.4, 0.5) is 4.79 Å². The van der Waals surface area contributed by atoms with E-state index in [-0.39, 0.29) is 6.09 Å². The van der Waals surface area contributed by atoms with Crippen molar-refractivity contribution in [3.8, 4) is 0 Å². The molecule has 0 radical (unpaired) electrons. The highest BCUT2D eigenvalue weighted by atomic mass is 16.6. The molecule has 1 saturated heterocycles. The lowest BCUT2D eigenvalue weighted by Gasteiger charge is -2.36. The smallest absolute Gasteiger partial charge is 0.410 e. The molecule has 1 fully saturated rings. The molecule has 4 heteroatoms. The molecule has 17 heavy (non-hydrogen) atoms. The maximum atomic E-state index is 12.0. The van der Waals surface area contributed by atoms with Crippen LogP contribution in [0.5, 0.6) is 0 Å². The van der Waals surface area contributed by atoms with E-state index < -0.39 is 5.60 Å². The second-order valence-electron chi connectivity index (χ2n) is 5.91. The van der Waals surface area contributed by atoms with E-state index in [1.165, 1.54) is 6.42 Å². The summed E-state index contributed by atoms with van der Waals surface area (Å²) in [5, 5.41) is 3.26. The van der Waals surface area contributed by atoms with Gasteiger partial charge >= 0.3 is 6.09 Å². The molecule has 2 atom stereocenters. The van der Waals surface area contributed by atoms with Crippen LogP contribution in [0.25, 0.3) is 0 Å². The standard InChI is InChI=1S/C13H26N2O2/c1-10(14-5)11-7-6-8-15(9-11)12(16)17-13(2,3)4/h10-11,14H,6-9H2,1-5H3/t10-,11+/m1/s1. The lowest BCUT2D eigenvalue weighted by Crippen LogP contribution is -2.47. The number of rotatable bonds is 2. The lowest BCUT2D eigenvalue weighted by atomic mass is 9.92. The second-order valence-corrected chi connectivity index (χ2v) is 5.91. The Balaban J connectivity index is 2.52. The molecule has 0 aromatic rings. The summed E-state index contributed by atoms with van der Waals surface area (Å²) in [5.41, 5.74) is -0.404. The number of hydrogen-bond acceptors (Lipinski definition) is 3. The van der Waals surface area contributed by atoms with E-state index in [1.54, 1.807) is 0 Å². The molecule has 0 aromatic heterocycles. The highest BCUT2D eigenvalue weighted by Crippen LogP contribution is 2.21. The first kappa shape index (κ1) is 14.3. The molecule has 100 valence electrons. The summed E-state index contributed by atoms with van der Waals surface area (Å²) in [6.45, 7) is 9.51. The van der Waals surface area contributed by atoms with Crippen molar-refractivity contribution in [3.05, 3.63) is 0 Å². The first-order valence-electron chi connectivity index (χ1n) is 6.48. The normalized spacial score (nSPS) is 23.4. The zero-order valence-electron chi connectivity index (χ0n) is 11.7. The van der Waals surface area contributed by atoms with Gasteiger partial charge in [-0.25, -0.2) is 4.79 Å². The predicted octanol–water partition coefficient (Wildman–Crippen LogP) is 2.24. The van der Waals surface area contributed by atoms with Crippen LogP contribution in [0.2, 0.25) is 0 Å². The van der Waals surface area contributed by atoms with Crippen LogP contribution in [0.15, 0.2) is 0 Å². The van der Waals surface area contributed by atoms with E-state index in [0.29, 0.717) is 12.0 Å². The van der Waals surface area contributed by atoms with Crippen molar-refractivity contribution in [2.75, 3.05) is 20.1 Å². The highest BCUT2D eigenvalue weighted by Gasteiger charge is 2.29. The summed E-state index contributed by atoms with van der Waals surface area (Å²) in [7, 11) is 1.97. The van der Waals surface area contributed by atoms with E-state index in [2.05, 4.69) is 12.2 Å².